The van der Waals surface area contributed by atoms with Crippen molar-refractivity contribution in [2.24, 2.45) is 5.73 Å². The van der Waals surface area contributed by atoms with E-state index < -0.39 is 6.04 Å². The Morgan fingerprint density at radius 3 is 2.90 bits per heavy atom. The van der Waals surface area contributed by atoms with Crippen LogP contribution in [-0.2, 0) is 22.4 Å². The molecular weight excluding hydrogens is 300 g/mol. The molecule has 2 atom stereocenters. The number of hydrogen-bond donors (Lipinski definition) is 3. The molecule has 0 aromatic carbocycles. The molecule has 0 saturated carbocycles. The largest absolute Gasteiger partial charge is 0.344 e. The lowest BCUT2D eigenvalue weighted by Crippen LogP contribution is -2.37. The Kier molecular flexibility index (Phi) is 4.62. The molecule has 3 rings (SSSR count). The third-order valence-electron chi connectivity index (χ3n) is 3.52. The van der Waals surface area contributed by atoms with Gasteiger partial charge in [0.25, 0.3) is 0 Å². The second kappa shape index (κ2) is 6.07. The third kappa shape index (κ3) is 3.11. The molecule has 1 aliphatic heterocycles. The smallest absolute Gasteiger partial charge is 0.248 e. The molecule has 1 aromatic rings. The van der Waals surface area contributed by atoms with Gasteiger partial charge in [0.15, 0.2) is 5.13 Å². The zero-order valence-corrected chi connectivity index (χ0v) is 12.5. The Hall–Kier alpha value is -1.18. The predicted molar refractivity (Wildman–Crippen MR) is 79.2 cm³/mol. The van der Waals surface area contributed by atoms with E-state index in [4.69, 9.17) is 5.73 Å². The molecule has 8 heteroatoms. The molecule has 20 heavy (non-hydrogen) atoms. The number of anilines is 1. The average molecular weight is 317 g/mol. The number of thiazole rings is 1. The first-order chi connectivity index (χ1) is 9.11. The maximum atomic E-state index is 12.0. The van der Waals surface area contributed by atoms with Crippen molar-refractivity contribution in [2.45, 2.75) is 44.2 Å². The SMILES string of the molecule is Cl.N[C@H]1CCc2nc(NC(=O)[C@H]3CCC(=O)N3)sc2C1. The number of amides is 2. The number of nitrogens with one attached hydrogen (secondary N) is 2. The fraction of sp³-hybridized carbons (Fsp3) is 0.583. The number of carbonyl (C=O) groups excluding carboxylic acids is 2. The second-order valence-corrected chi connectivity index (χ2v) is 6.12. The minimum Gasteiger partial charge on any atom is -0.344 e. The van der Waals surface area contributed by atoms with Crippen molar-refractivity contribution in [1.82, 2.24) is 10.3 Å². The number of fused-ring (bicyclic) bond motifs is 1. The molecule has 6 nitrogen and oxygen atoms in total. The van der Waals surface area contributed by atoms with Crippen LogP contribution in [0.4, 0.5) is 5.13 Å². The van der Waals surface area contributed by atoms with Crippen molar-refractivity contribution in [3.8, 4) is 0 Å². The molecule has 1 aliphatic carbocycles. The second-order valence-electron chi connectivity index (χ2n) is 5.04. The Labute approximate surface area is 126 Å². The normalized spacial score (nSPS) is 24.6. The zero-order chi connectivity index (χ0) is 13.4. The molecule has 1 saturated heterocycles. The van der Waals surface area contributed by atoms with Crippen molar-refractivity contribution >= 4 is 40.7 Å². The van der Waals surface area contributed by atoms with Crippen LogP contribution in [0.1, 0.15) is 29.8 Å². The number of rotatable bonds is 2. The van der Waals surface area contributed by atoms with Crippen molar-refractivity contribution in [2.75, 3.05) is 5.32 Å². The lowest BCUT2D eigenvalue weighted by Gasteiger charge is -2.15. The fourth-order valence-electron chi connectivity index (χ4n) is 2.46. The highest BCUT2D eigenvalue weighted by Gasteiger charge is 2.28. The van der Waals surface area contributed by atoms with E-state index in [2.05, 4.69) is 15.6 Å². The Morgan fingerprint density at radius 2 is 2.20 bits per heavy atom. The third-order valence-corrected chi connectivity index (χ3v) is 4.56. The summed E-state index contributed by atoms with van der Waals surface area (Å²) in [5, 5.41) is 6.05. The Bertz CT molecular complexity index is 534. The van der Waals surface area contributed by atoms with E-state index in [1.165, 1.54) is 16.2 Å². The van der Waals surface area contributed by atoms with Gasteiger partial charge in [-0.3, -0.25) is 9.59 Å². The number of halogens is 1. The maximum absolute atomic E-state index is 12.0. The molecule has 110 valence electrons. The molecule has 2 heterocycles. The summed E-state index contributed by atoms with van der Waals surface area (Å²) in [5.41, 5.74) is 6.97. The first-order valence-electron chi connectivity index (χ1n) is 6.46. The number of nitrogens with zero attached hydrogens (tertiary/aromatic N) is 1. The van der Waals surface area contributed by atoms with Crippen molar-refractivity contribution in [3.63, 3.8) is 0 Å². The molecule has 0 unspecified atom stereocenters. The number of carbonyl (C=O) groups is 2. The minimum atomic E-state index is -0.421. The van der Waals surface area contributed by atoms with Gasteiger partial charge in [0.2, 0.25) is 11.8 Å². The van der Waals surface area contributed by atoms with Gasteiger partial charge >= 0.3 is 0 Å². The summed E-state index contributed by atoms with van der Waals surface area (Å²) in [6.45, 7) is 0. The van der Waals surface area contributed by atoms with Crippen LogP contribution in [0.3, 0.4) is 0 Å². The summed E-state index contributed by atoms with van der Waals surface area (Å²) in [6.07, 6.45) is 3.64. The topological polar surface area (TPSA) is 97.1 Å². The van der Waals surface area contributed by atoms with Crippen LogP contribution < -0.4 is 16.4 Å². The first-order valence-corrected chi connectivity index (χ1v) is 7.28. The van der Waals surface area contributed by atoms with E-state index in [0.717, 1.165) is 25.0 Å². The molecule has 0 spiro atoms. The number of hydrogen-bond acceptors (Lipinski definition) is 5. The molecule has 4 N–H and O–H groups in total. The molecule has 1 fully saturated rings. The molecule has 2 amide bonds. The zero-order valence-electron chi connectivity index (χ0n) is 10.8. The summed E-state index contributed by atoms with van der Waals surface area (Å²) in [6, 6.07) is -0.221. The van der Waals surface area contributed by atoms with Crippen molar-refractivity contribution < 1.29 is 9.59 Å². The van der Waals surface area contributed by atoms with Gasteiger partial charge in [-0.1, -0.05) is 0 Å². The van der Waals surface area contributed by atoms with Gasteiger partial charge in [0, 0.05) is 17.3 Å². The van der Waals surface area contributed by atoms with Gasteiger partial charge in [-0.2, -0.15) is 0 Å². The monoisotopic (exact) mass is 316 g/mol. The lowest BCUT2D eigenvalue weighted by atomic mass is 9.99. The van der Waals surface area contributed by atoms with Gasteiger partial charge in [-0.05, 0) is 25.7 Å². The van der Waals surface area contributed by atoms with Crippen LogP contribution in [0.15, 0.2) is 0 Å². The lowest BCUT2D eigenvalue weighted by molar-refractivity contribution is -0.122. The van der Waals surface area contributed by atoms with E-state index in [0.29, 0.717) is 18.0 Å². The van der Waals surface area contributed by atoms with Crippen molar-refractivity contribution in [1.29, 1.82) is 0 Å². The fourth-order valence-corrected chi connectivity index (χ4v) is 3.56. The number of aryl methyl sites for hydroxylation is 1. The summed E-state index contributed by atoms with van der Waals surface area (Å²) in [7, 11) is 0. The Morgan fingerprint density at radius 1 is 1.40 bits per heavy atom. The molecule has 0 bridgehead atoms. The van der Waals surface area contributed by atoms with Crippen LogP contribution in [0.25, 0.3) is 0 Å². The van der Waals surface area contributed by atoms with Crippen molar-refractivity contribution in [3.05, 3.63) is 10.6 Å². The van der Waals surface area contributed by atoms with Gasteiger partial charge in [0.05, 0.1) is 5.69 Å². The molecule has 0 radical (unpaired) electrons. The van der Waals surface area contributed by atoms with Gasteiger partial charge in [-0.25, -0.2) is 4.98 Å². The number of nitrogens with two attached hydrogens (primary N) is 1. The summed E-state index contributed by atoms with van der Waals surface area (Å²) < 4.78 is 0. The van der Waals surface area contributed by atoms with E-state index in [-0.39, 0.29) is 30.3 Å². The quantitative estimate of drug-likeness (QED) is 0.744. The van der Waals surface area contributed by atoms with Crippen LogP contribution in [-0.4, -0.2) is 28.9 Å². The van der Waals surface area contributed by atoms with Crippen LogP contribution in [0.2, 0.25) is 0 Å². The minimum absolute atomic E-state index is 0. The standard InChI is InChI=1S/C12H16N4O2S.ClH/c13-6-1-2-7-9(5-6)19-12(15-7)16-11(18)8-3-4-10(17)14-8;/h6,8H,1-5,13H2,(H,14,17)(H,15,16,18);1H/t6-,8+;/m0./s1. The molecular formula is C12H17ClN4O2S. The van der Waals surface area contributed by atoms with Crippen LogP contribution in [0, 0.1) is 0 Å². The summed E-state index contributed by atoms with van der Waals surface area (Å²) in [5.74, 6) is -0.245. The molecule has 1 aromatic heterocycles. The predicted octanol–water partition coefficient (Wildman–Crippen LogP) is 0.598. The van der Waals surface area contributed by atoms with Gasteiger partial charge in [-0.15, -0.1) is 23.7 Å². The number of aromatic nitrogens is 1. The Balaban J connectivity index is 0.00000147. The van der Waals surface area contributed by atoms with Gasteiger partial charge in [0.1, 0.15) is 6.04 Å². The molecule has 2 aliphatic rings. The van der Waals surface area contributed by atoms with Gasteiger partial charge < -0.3 is 16.4 Å². The van der Waals surface area contributed by atoms with E-state index in [9.17, 15) is 9.59 Å². The van der Waals surface area contributed by atoms with E-state index >= 15 is 0 Å². The van der Waals surface area contributed by atoms with Crippen LogP contribution >= 0.6 is 23.7 Å². The highest BCUT2D eigenvalue weighted by atomic mass is 35.5. The maximum Gasteiger partial charge on any atom is 0.248 e. The highest BCUT2D eigenvalue weighted by molar-refractivity contribution is 7.15. The summed E-state index contributed by atoms with van der Waals surface area (Å²) in [4.78, 5) is 28.6. The van der Waals surface area contributed by atoms with E-state index in [1.54, 1.807) is 0 Å². The van der Waals surface area contributed by atoms with E-state index in [1.807, 2.05) is 0 Å². The summed E-state index contributed by atoms with van der Waals surface area (Å²) >= 11 is 1.49. The average Bonchev–Trinajstić information content (AvgIpc) is 2.94. The first kappa shape index (κ1) is 15.2. The van der Waals surface area contributed by atoms with Crippen LogP contribution in [0.5, 0.6) is 0 Å². The highest BCUT2D eigenvalue weighted by Crippen LogP contribution is 2.29.